The van der Waals surface area contributed by atoms with Crippen LogP contribution in [0.4, 0.5) is 14.5 Å². The number of pyridine rings is 1. The van der Waals surface area contributed by atoms with Crippen LogP contribution in [0.25, 0.3) is 10.9 Å². The van der Waals surface area contributed by atoms with Crippen molar-refractivity contribution < 1.29 is 33.0 Å². The first-order valence-electron chi connectivity index (χ1n) is 11.8. The lowest BCUT2D eigenvalue weighted by Gasteiger charge is -2.25. The number of benzene rings is 2. The number of rotatable bonds is 6. The maximum absolute atomic E-state index is 15.7. The number of oxime groups is 1. The second kappa shape index (κ2) is 8.46. The molecule has 0 spiro atoms. The average Bonchev–Trinajstić information content (AvgIpc) is 3.28. The van der Waals surface area contributed by atoms with Crippen LogP contribution in [0.2, 0.25) is 0 Å². The van der Waals surface area contributed by atoms with E-state index in [-0.39, 0.29) is 40.8 Å². The molecule has 3 aromatic rings. The predicted octanol–water partition coefficient (Wildman–Crippen LogP) is 3.38. The number of aromatic carboxylic acids is 1. The van der Waals surface area contributed by atoms with Crippen molar-refractivity contribution in [2.75, 3.05) is 32.2 Å². The van der Waals surface area contributed by atoms with Crippen LogP contribution < -0.4 is 19.8 Å². The zero-order valence-corrected chi connectivity index (χ0v) is 20.0. The summed E-state index contributed by atoms with van der Waals surface area (Å²) < 4.78 is 42.0. The number of hydrogen-bond donors (Lipinski definition) is 1. The number of fused-ring (bicyclic) bond motifs is 2. The topological polar surface area (TPSA) is 103 Å². The zero-order valence-electron chi connectivity index (χ0n) is 20.0. The molecular weight excluding hydrogens is 488 g/mol. The Morgan fingerprint density at radius 3 is 2.54 bits per heavy atom. The van der Waals surface area contributed by atoms with Gasteiger partial charge in [0.05, 0.1) is 49.3 Å². The van der Waals surface area contributed by atoms with Crippen LogP contribution in [-0.4, -0.2) is 60.9 Å². The third-order valence-electron chi connectivity index (χ3n) is 7.28. The van der Waals surface area contributed by atoms with Crippen molar-refractivity contribution in [1.82, 2.24) is 4.57 Å². The Hall–Kier alpha value is -4.15. The Morgan fingerprint density at radius 2 is 1.92 bits per heavy atom. The van der Waals surface area contributed by atoms with Crippen molar-refractivity contribution in [2.45, 2.75) is 24.7 Å². The van der Waals surface area contributed by atoms with E-state index in [0.717, 1.165) is 23.5 Å². The fourth-order valence-corrected chi connectivity index (χ4v) is 5.33. The monoisotopic (exact) mass is 511 g/mol. The second-order valence-electron chi connectivity index (χ2n) is 9.40. The number of nitrogens with zero attached hydrogens (tertiary/aromatic N) is 3. The first kappa shape index (κ1) is 23.3. The van der Waals surface area contributed by atoms with Crippen molar-refractivity contribution in [3.8, 4) is 11.5 Å². The summed E-state index contributed by atoms with van der Waals surface area (Å²) in [5.74, 6) is -1.60. The minimum Gasteiger partial charge on any atom is -0.497 e. The average molecular weight is 511 g/mol. The van der Waals surface area contributed by atoms with Crippen LogP contribution in [0.5, 0.6) is 11.5 Å². The lowest BCUT2D eigenvalue weighted by Crippen LogP contribution is -2.26. The van der Waals surface area contributed by atoms with Crippen LogP contribution >= 0.6 is 0 Å². The molecule has 1 N–H and O–H groups in total. The molecule has 0 bridgehead atoms. The Bertz CT molecular complexity index is 1520. The fourth-order valence-electron chi connectivity index (χ4n) is 5.33. The van der Waals surface area contributed by atoms with E-state index in [4.69, 9.17) is 14.3 Å². The number of hydrogen-bond acceptors (Lipinski definition) is 7. The highest BCUT2D eigenvalue weighted by Gasteiger charge is 2.45. The van der Waals surface area contributed by atoms with Crippen molar-refractivity contribution in [3.05, 3.63) is 63.7 Å². The number of anilines is 1. The molecule has 9 nitrogen and oxygen atoms in total. The number of carbonyl (C=O) groups is 1. The SMILES string of the molecule is COc1ccc(C2=NO[C@H]3CN(c4c(F)cc5c(=O)c(C(=O)O)cn([C@@H]6C[C@@H]6F)c5c4OC)C[C@@H]23)cc1. The molecule has 4 atom stereocenters. The van der Waals surface area contributed by atoms with Crippen molar-refractivity contribution in [3.63, 3.8) is 0 Å². The highest BCUT2D eigenvalue weighted by Crippen LogP contribution is 2.46. The van der Waals surface area contributed by atoms with Crippen LogP contribution in [0, 0.1) is 11.7 Å². The van der Waals surface area contributed by atoms with Gasteiger partial charge in [-0.3, -0.25) is 4.79 Å². The number of methoxy groups -OCH3 is 2. The summed E-state index contributed by atoms with van der Waals surface area (Å²) in [4.78, 5) is 32.1. The molecule has 0 amide bonds. The van der Waals surface area contributed by atoms with Gasteiger partial charge in [-0.2, -0.15) is 0 Å². The summed E-state index contributed by atoms with van der Waals surface area (Å²) >= 11 is 0. The molecule has 0 unspecified atom stereocenters. The fraction of sp³-hybridized carbons (Fsp3) is 0.346. The Kier molecular flexibility index (Phi) is 5.32. The van der Waals surface area contributed by atoms with Crippen molar-refractivity contribution in [1.29, 1.82) is 0 Å². The summed E-state index contributed by atoms with van der Waals surface area (Å²) in [7, 11) is 2.93. The van der Waals surface area contributed by atoms with E-state index in [2.05, 4.69) is 5.16 Å². The summed E-state index contributed by atoms with van der Waals surface area (Å²) in [5.41, 5.74) is 0.463. The molecule has 0 radical (unpaired) electrons. The van der Waals surface area contributed by atoms with Gasteiger partial charge >= 0.3 is 5.97 Å². The summed E-state index contributed by atoms with van der Waals surface area (Å²) in [6.07, 6.45) is -0.242. The molecule has 3 heterocycles. The number of carboxylic acid groups (broad SMARTS) is 1. The second-order valence-corrected chi connectivity index (χ2v) is 9.40. The molecule has 1 aromatic heterocycles. The van der Waals surface area contributed by atoms with E-state index in [1.165, 1.54) is 11.7 Å². The third-order valence-corrected chi connectivity index (χ3v) is 7.28. The molecule has 1 saturated carbocycles. The zero-order chi connectivity index (χ0) is 26.0. The first-order chi connectivity index (χ1) is 17.8. The van der Waals surface area contributed by atoms with E-state index < -0.39 is 35.0 Å². The van der Waals surface area contributed by atoms with Gasteiger partial charge in [-0.1, -0.05) is 5.16 Å². The maximum Gasteiger partial charge on any atom is 0.341 e. The largest absolute Gasteiger partial charge is 0.497 e. The van der Waals surface area contributed by atoms with E-state index in [0.29, 0.717) is 18.8 Å². The van der Waals surface area contributed by atoms with Gasteiger partial charge in [0.15, 0.2) is 17.7 Å². The van der Waals surface area contributed by atoms with Gasteiger partial charge in [0.25, 0.3) is 0 Å². The standard InChI is InChI=1S/C26H23F2N3O6/c1-35-13-5-3-12(4-6-13)21-15-9-30(11-20(15)37-29-21)23-18(28)7-14-22(25(23)36-2)31(19-8-17(19)27)10-16(24(14)32)26(33)34/h3-7,10,15,17,19-20H,8-9,11H2,1-2H3,(H,33,34)/t15-,17+,19-,20+/m1/s1. The molecule has 3 aliphatic rings. The van der Waals surface area contributed by atoms with E-state index >= 15 is 4.39 Å². The predicted molar refractivity (Wildman–Crippen MR) is 130 cm³/mol. The minimum atomic E-state index is -1.46. The smallest absolute Gasteiger partial charge is 0.341 e. The number of carboxylic acids is 1. The van der Waals surface area contributed by atoms with E-state index in [9.17, 15) is 19.1 Å². The van der Waals surface area contributed by atoms with Gasteiger partial charge in [0.2, 0.25) is 5.43 Å². The molecule has 1 saturated heterocycles. The van der Waals surface area contributed by atoms with Crippen LogP contribution in [-0.2, 0) is 4.84 Å². The number of ether oxygens (including phenoxy) is 2. The number of aromatic nitrogens is 1. The van der Waals surface area contributed by atoms with Crippen molar-refractivity contribution >= 4 is 28.3 Å². The van der Waals surface area contributed by atoms with Gasteiger partial charge in [-0.15, -0.1) is 0 Å². The van der Waals surface area contributed by atoms with Crippen LogP contribution in [0.3, 0.4) is 0 Å². The molecular formula is C26H23F2N3O6. The molecule has 1 aliphatic carbocycles. The molecule has 2 aromatic carbocycles. The van der Waals surface area contributed by atoms with E-state index in [1.54, 1.807) is 12.0 Å². The lowest BCUT2D eigenvalue weighted by molar-refractivity contribution is 0.0694. The quantitative estimate of drug-likeness (QED) is 0.541. The molecule has 2 aliphatic heterocycles. The molecule has 6 rings (SSSR count). The highest BCUT2D eigenvalue weighted by atomic mass is 19.1. The first-order valence-corrected chi connectivity index (χ1v) is 11.8. The van der Waals surface area contributed by atoms with Crippen molar-refractivity contribution in [2.24, 2.45) is 11.1 Å². The molecule has 11 heteroatoms. The number of halogens is 2. The van der Waals surface area contributed by atoms with Crippen LogP contribution in [0.1, 0.15) is 28.4 Å². The van der Waals surface area contributed by atoms with Gasteiger partial charge in [0, 0.05) is 24.7 Å². The molecule has 192 valence electrons. The summed E-state index contributed by atoms with van der Waals surface area (Å²) in [6, 6.07) is 7.76. The number of alkyl halides is 1. The molecule has 37 heavy (non-hydrogen) atoms. The highest BCUT2D eigenvalue weighted by molar-refractivity contribution is 6.04. The maximum atomic E-state index is 15.7. The normalized spacial score (nSPS) is 24.0. The third kappa shape index (κ3) is 3.59. The van der Waals surface area contributed by atoms with Crippen LogP contribution in [0.15, 0.2) is 46.5 Å². The molecule has 2 fully saturated rings. The summed E-state index contributed by atoms with van der Waals surface area (Å²) in [5, 5.41) is 13.6. The summed E-state index contributed by atoms with van der Waals surface area (Å²) in [6.45, 7) is 0.667. The van der Waals surface area contributed by atoms with Gasteiger partial charge in [-0.25, -0.2) is 13.6 Å². The van der Waals surface area contributed by atoms with Gasteiger partial charge < -0.3 is 28.9 Å². The Morgan fingerprint density at radius 1 is 1.19 bits per heavy atom. The van der Waals surface area contributed by atoms with E-state index in [1.807, 2.05) is 24.3 Å². The minimum absolute atomic E-state index is 0.0473. The van der Waals surface area contributed by atoms with Gasteiger partial charge in [0.1, 0.15) is 23.2 Å². The Labute approximate surface area is 209 Å². The van der Waals surface area contributed by atoms with Gasteiger partial charge in [-0.05, 0) is 30.3 Å². The Balaban J connectivity index is 1.44. The lowest BCUT2D eigenvalue weighted by atomic mass is 9.95.